The SMILES string of the molecule is COc1ccc(NC(=O)c2cccc(OCc3cn4cc(C)ccc4n3)c2)cc1OC. The molecule has 7 nitrogen and oxygen atoms in total. The van der Waals surface area contributed by atoms with Gasteiger partial charge in [0.1, 0.15) is 18.0 Å². The van der Waals surface area contributed by atoms with E-state index in [1.165, 1.54) is 0 Å². The zero-order valence-electron chi connectivity index (χ0n) is 17.6. The first kappa shape index (κ1) is 20.3. The minimum atomic E-state index is -0.249. The Kier molecular flexibility index (Phi) is 5.75. The molecule has 0 spiro atoms. The van der Waals surface area contributed by atoms with Gasteiger partial charge >= 0.3 is 0 Å². The summed E-state index contributed by atoms with van der Waals surface area (Å²) in [7, 11) is 3.11. The molecule has 0 aliphatic heterocycles. The summed E-state index contributed by atoms with van der Waals surface area (Å²) in [6.45, 7) is 2.34. The molecule has 2 aromatic heterocycles. The molecule has 0 saturated carbocycles. The van der Waals surface area contributed by atoms with Crippen LogP contribution in [0.25, 0.3) is 5.65 Å². The largest absolute Gasteiger partial charge is 0.493 e. The lowest BCUT2D eigenvalue weighted by Crippen LogP contribution is -2.12. The second-order valence-corrected chi connectivity index (χ2v) is 7.04. The first-order chi connectivity index (χ1) is 15.1. The molecule has 0 radical (unpaired) electrons. The van der Waals surface area contributed by atoms with Crippen molar-refractivity contribution in [3.63, 3.8) is 0 Å². The van der Waals surface area contributed by atoms with Gasteiger partial charge in [0.25, 0.3) is 5.91 Å². The summed E-state index contributed by atoms with van der Waals surface area (Å²) in [6, 6.07) is 16.2. The Morgan fingerprint density at radius 3 is 2.65 bits per heavy atom. The number of carbonyl (C=O) groups is 1. The number of nitrogens with zero attached hydrogens (tertiary/aromatic N) is 2. The summed E-state index contributed by atoms with van der Waals surface area (Å²) in [5.74, 6) is 1.48. The van der Waals surface area contributed by atoms with E-state index in [0.717, 1.165) is 16.9 Å². The normalized spacial score (nSPS) is 10.7. The fraction of sp³-hybridized carbons (Fsp3) is 0.167. The van der Waals surface area contributed by atoms with Crippen LogP contribution < -0.4 is 19.5 Å². The number of imidazole rings is 1. The van der Waals surface area contributed by atoms with Gasteiger partial charge in [0.15, 0.2) is 11.5 Å². The summed E-state index contributed by atoms with van der Waals surface area (Å²) in [5, 5.41) is 2.86. The van der Waals surface area contributed by atoms with Crippen LogP contribution >= 0.6 is 0 Å². The average molecular weight is 417 g/mol. The van der Waals surface area contributed by atoms with Crippen molar-refractivity contribution in [2.24, 2.45) is 0 Å². The Morgan fingerprint density at radius 1 is 1.00 bits per heavy atom. The van der Waals surface area contributed by atoms with Crippen molar-refractivity contribution >= 4 is 17.2 Å². The van der Waals surface area contributed by atoms with Crippen molar-refractivity contribution in [3.05, 3.63) is 83.8 Å². The Hall–Kier alpha value is -4.00. The van der Waals surface area contributed by atoms with E-state index < -0.39 is 0 Å². The highest BCUT2D eigenvalue weighted by molar-refractivity contribution is 6.04. The monoisotopic (exact) mass is 417 g/mol. The van der Waals surface area contributed by atoms with Gasteiger partial charge in [0, 0.05) is 29.7 Å². The van der Waals surface area contributed by atoms with E-state index in [2.05, 4.69) is 10.3 Å². The third-order valence-corrected chi connectivity index (χ3v) is 4.77. The second-order valence-electron chi connectivity index (χ2n) is 7.04. The molecule has 2 heterocycles. The molecule has 0 bridgehead atoms. The number of benzene rings is 2. The number of amides is 1. The number of nitrogens with one attached hydrogen (secondary N) is 1. The molecule has 158 valence electrons. The predicted octanol–water partition coefficient (Wildman–Crippen LogP) is 4.49. The van der Waals surface area contributed by atoms with Crippen molar-refractivity contribution in [3.8, 4) is 17.2 Å². The molecule has 0 aliphatic carbocycles. The third-order valence-electron chi connectivity index (χ3n) is 4.77. The van der Waals surface area contributed by atoms with Crippen molar-refractivity contribution < 1.29 is 19.0 Å². The number of aryl methyl sites for hydroxylation is 1. The molecule has 0 fully saturated rings. The molecule has 0 saturated heterocycles. The summed E-state index contributed by atoms with van der Waals surface area (Å²) in [6.07, 6.45) is 3.96. The Balaban J connectivity index is 1.44. The van der Waals surface area contributed by atoms with E-state index in [0.29, 0.717) is 35.1 Å². The Bertz CT molecular complexity index is 1230. The van der Waals surface area contributed by atoms with E-state index in [4.69, 9.17) is 14.2 Å². The lowest BCUT2D eigenvalue weighted by molar-refractivity contribution is 0.102. The topological polar surface area (TPSA) is 74.1 Å². The van der Waals surface area contributed by atoms with Gasteiger partial charge in [-0.05, 0) is 48.9 Å². The molecule has 1 amide bonds. The Morgan fingerprint density at radius 2 is 1.84 bits per heavy atom. The van der Waals surface area contributed by atoms with Crippen LogP contribution in [0.1, 0.15) is 21.6 Å². The van der Waals surface area contributed by atoms with Crippen molar-refractivity contribution in [1.82, 2.24) is 9.38 Å². The van der Waals surface area contributed by atoms with Gasteiger partial charge in [-0.2, -0.15) is 0 Å². The first-order valence-electron chi connectivity index (χ1n) is 9.76. The van der Waals surface area contributed by atoms with Gasteiger partial charge in [0.2, 0.25) is 0 Å². The number of pyridine rings is 1. The van der Waals surface area contributed by atoms with E-state index in [9.17, 15) is 4.79 Å². The predicted molar refractivity (Wildman–Crippen MR) is 118 cm³/mol. The molecule has 0 unspecified atom stereocenters. The maximum Gasteiger partial charge on any atom is 0.255 e. The van der Waals surface area contributed by atoms with Crippen LogP contribution in [0.3, 0.4) is 0 Å². The number of hydrogen-bond donors (Lipinski definition) is 1. The number of methoxy groups -OCH3 is 2. The van der Waals surface area contributed by atoms with Crippen LogP contribution in [0.5, 0.6) is 17.2 Å². The number of ether oxygens (including phenoxy) is 3. The fourth-order valence-corrected chi connectivity index (χ4v) is 3.23. The highest BCUT2D eigenvalue weighted by Crippen LogP contribution is 2.30. The fourth-order valence-electron chi connectivity index (χ4n) is 3.23. The van der Waals surface area contributed by atoms with Crippen LogP contribution in [0.15, 0.2) is 67.0 Å². The lowest BCUT2D eigenvalue weighted by Gasteiger charge is -2.11. The molecule has 2 aromatic carbocycles. The minimum absolute atomic E-state index is 0.249. The molecule has 1 N–H and O–H groups in total. The van der Waals surface area contributed by atoms with Crippen LogP contribution in [-0.2, 0) is 6.61 Å². The first-order valence-corrected chi connectivity index (χ1v) is 9.76. The zero-order chi connectivity index (χ0) is 21.8. The van der Waals surface area contributed by atoms with Gasteiger partial charge in [-0.1, -0.05) is 12.1 Å². The number of aromatic nitrogens is 2. The minimum Gasteiger partial charge on any atom is -0.493 e. The number of rotatable bonds is 7. The van der Waals surface area contributed by atoms with Crippen molar-refractivity contribution in [2.45, 2.75) is 13.5 Å². The number of hydrogen-bond acceptors (Lipinski definition) is 5. The van der Waals surface area contributed by atoms with Crippen LogP contribution in [-0.4, -0.2) is 29.5 Å². The van der Waals surface area contributed by atoms with Crippen LogP contribution in [0.4, 0.5) is 5.69 Å². The average Bonchev–Trinajstić information content (AvgIpc) is 3.19. The van der Waals surface area contributed by atoms with Gasteiger partial charge in [-0.25, -0.2) is 4.98 Å². The molecule has 0 atom stereocenters. The highest BCUT2D eigenvalue weighted by atomic mass is 16.5. The maximum absolute atomic E-state index is 12.7. The third kappa shape index (κ3) is 4.61. The summed E-state index contributed by atoms with van der Waals surface area (Å²) >= 11 is 0. The van der Waals surface area contributed by atoms with Crippen LogP contribution in [0.2, 0.25) is 0 Å². The molecular formula is C24H23N3O4. The van der Waals surface area contributed by atoms with Crippen LogP contribution in [0, 0.1) is 6.92 Å². The molecule has 4 rings (SSSR count). The van der Waals surface area contributed by atoms with E-state index in [-0.39, 0.29) is 5.91 Å². The summed E-state index contributed by atoms with van der Waals surface area (Å²) in [5.41, 5.74) is 3.93. The maximum atomic E-state index is 12.7. The van der Waals surface area contributed by atoms with E-state index in [1.807, 2.05) is 41.9 Å². The molecule has 0 aliphatic rings. The molecule has 7 heteroatoms. The summed E-state index contributed by atoms with van der Waals surface area (Å²) in [4.78, 5) is 17.2. The second kappa shape index (κ2) is 8.79. The quantitative estimate of drug-likeness (QED) is 0.480. The van der Waals surface area contributed by atoms with Crippen molar-refractivity contribution in [2.75, 3.05) is 19.5 Å². The van der Waals surface area contributed by atoms with Gasteiger partial charge < -0.3 is 23.9 Å². The molecular weight excluding hydrogens is 394 g/mol. The van der Waals surface area contributed by atoms with Crippen molar-refractivity contribution in [1.29, 1.82) is 0 Å². The smallest absolute Gasteiger partial charge is 0.255 e. The zero-order valence-corrected chi connectivity index (χ0v) is 17.6. The number of fused-ring (bicyclic) bond motifs is 1. The number of carbonyl (C=O) groups excluding carboxylic acids is 1. The van der Waals surface area contributed by atoms with Gasteiger partial charge in [0.05, 0.1) is 19.9 Å². The molecule has 4 aromatic rings. The van der Waals surface area contributed by atoms with E-state index >= 15 is 0 Å². The standard InChI is InChI=1S/C24H23N3O4/c1-16-7-10-23-25-19(14-27(23)13-16)15-31-20-6-4-5-17(11-20)24(28)26-18-8-9-21(29-2)22(12-18)30-3/h4-14H,15H2,1-3H3,(H,26,28). The summed E-state index contributed by atoms with van der Waals surface area (Å²) < 4.78 is 18.3. The van der Waals surface area contributed by atoms with Gasteiger partial charge in [-0.15, -0.1) is 0 Å². The molecule has 31 heavy (non-hydrogen) atoms. The Labute approximate surface area is 180 Å². The number of anilines is 1. The van der Waals surface area contributed by atoms with Gasteiger partial charge in [-0.3, -0.25) is 4.79 Å². The van der Waals surface area contributed by atoms with E-state index in [1.54, 1.807) is 50.6 Å². The lowest BCUT2D eigenvalue weighted by atomic mass is 10.2. The highest BCUT2D eigenvalue weighted by Gasteiger charge is 2.11.